The van der Waals surface area contributed by atoms with Crippen molar-refractivity contribution in [3.05, 3.63) is 170 Å². The maximum absolute atomic E-state index is 6.58. The molecular weight excluding hydrogens is 653 g/mol. The second-order valence-corrected chi connectivity index (χ2v) is 14.8. The number of para-hydroxylation sites is 3. The van der Waals surface area contributed by atoms with Gasteiger partial charge in [0.25, 0.3) is 0 Å². The van der Waals surface area contributed by atoms with Gasteiger partial charge in [-0.1, -0.05) is 84.9 Å². The quantitative estimate of drug-likeness (QED) is 0.182. The number of thiophene rings is 1. The van der Waals surface area contributed by atoms with Crippen molar-refractivity contribution in [2.24, 2.45) is 0 Å². The average molecular weight is 681 g/mol. The molecule has 0 unspecified atom stereocenters. The Kier molecular flexibility index (Phi) is 5.65. The largest absolute Gasteiger partial charge is 0.456 e. The van der Waals surface area contributed by atoms with Gasteiger partial charge in [0.2, 0.25) is 0 Å². The second kappa shape index (κ2) is 10.5. The molecule has 0 N–H and O–H groups in total. The van der Waals surface area contributed by atoms with Crippen molar-refractivity contribution in [2.45, 2.75) is 0 Å². The molecule has 4 aromatic heterocycles. The van der Waals surface area contributed by atoms with Crippen LogP contribution in [0.3, 0.4) is 0 Å². The van der Waals surface area contributed by atoms with Crippen molar-refractivity contribution in [1.29, 1.82) is 0 Å². The van der Waals surface area contributed by atoms with Gasteiger partial charge in [-0.25, -0.2) is 0 Å². The molecule has 0 bridgehead atoms. The van der Waals surface area contributed by atoms with Gasteiger partial charge in [-0.3, -0.25) is 0 Å². The first kappa shape index (κ1) is 28.1. The first-order valence-electron chi connectivity index (χ1n) is 17.7. The minimum absolute atomic E-state index is 0.906. The number of nitrogens with zero attached hydrogens (tertiary/aromatic N) is 2. The van der Waals surface area contributed by atoms with Gasteiger partial charge in [-0.2, -0.15) is 0 Å². The van der Waals surface area contributed by atoms with Crippen molar-refractivity contribution < 1.29 is 4.42 Å². The van der Waals surface area contributed by atoms with Gasteiger partial charge in [0.1, 0.15) is 11.2 Å². The Morgan fingerprint density at radius 3 is 1.65 bits per heavy atom. The van der Waals surface area contributed by atoms with Gasteiger partial charge in [0.15, 0.2) is 0 Å². The summed E-state index contributed by atoms with van der Waals surface area (Å²) < 4.78 is 13.9. The molecule has 0 saturated heterocycles. The van der Waals surface area contributed by atoms with Crippen LogP contribution >= 0.6 is 11.3 Å². The van der Waals surface area contributed by atoms with E-state index in [1.54, 1.807) is 0 Å². The number of hydrogen-bond acceptors (Lipinski definition) is 2. The van der Waals surface area contributed by atoms with Gasteiger partial charge in [0, 0.05) is 69.9 Å². The summed E-state index contributed by atoms with van der Waals surface area (Å²) in [7, 11) is 0. The van der Waals surface area contributed by atoms with Crippen LogP contribution in [0.15, 0.2) is 174 Å². The van der Waals surface area contributed by atoms with Crippen LogP contribution in [0.5, 0.6) is 0 Å². The summed E-state index contributed by atoms with van der Waals surface area (Å²) in [5.41, 5.74) is 11.3. The van der Waals surface area contributed by atoms with E-state index in [4.69, 9.17) is 4.42 Å². The van der Waals surface area contributed by atoms with Crippen molar-refractivity contribution in [2.75, 3.05) is 0 Å². The summed E-state index contributed by atoms with van der Waals surface area (Å²) in [5.74, 6) is 0. The molecule has 242 valence electrons. The molecule has 0 radical (unpaired) electrons. The fourth-order valence-electron chi connectivity index (χ4n) is 8.61. The Morgan fingerprint density at radius 2 is 0.942 bits per heavy atom. The lowest BCUT2D eigenvalue weighted by Gasteiger charge is -2.09. The van der Waals surface area contributed by atoms with E-state index in [0.717, 1.165) is 22.2 Å². The molecule has 0 fully saturated rings. The summed E-state index contributed by atoms with van der Waals surface area (Å²) in [6.45, 7) is 0. The smallest absolute Gasteiger partial charge is 0.137 e. The fourth-order valence-corrected chi connectivity index (χ4v) is 9.86. The Hall–Kier alpha value is -6.62. The van der Waals surface area contributed by atoms with Crippen molar-refractivity contribution >= 4 is 97.1 Å². The predicted molar refractivity (Wildman–Crippen MR) is 221 cm³/mol. The molecule has 0 amide bonds. The molecule has 0 aliphatic carbocycles. The highest BCUT2D eigenvalue weighted by Gasteiger charge is 2.19. The average Bonchev–Trinajstić information content (AvgIpc) is 3.95. The van der Waals surface area contributed by atoms with Gasteiger partial charge in [-0.05, 0) is 90.0 Å². The minimum Gasteiger partial charge on any atom is -0.456 e. The molecule has 0 aliphatic rings. The normalized spacial score (nSPS) is 12.2. The van der Waals surface area contributed by atoms with Gasteiger partial charge in [0.05, 0.1) is 22.1 Å². The third-order valence-corrected chi connectivity index (χ3v) is 12.1. The van der Waals surface area contributed by atoms with Gasteiger partial charge < -0.3 is 13.6 Å². The second-order valence-electron chi connectivity index (χ2n) is 13.7. The Morgan fingerprint density at radius 1 is 0.365 bits per heavy atom. The highest BCUT2D eigenvalue weighted by molar-refractivity contribution is 7.26. The van der Waals surface area contributed by atoms with Crippen molar-refractivity contribution in [3.8, 4) is 22.5 Å². The third-order valence-electron chi connectivity index (χ3n) is 10.9. The minimum atomic E-state index is 0.906. The molecule has 0 spiro atoms. The van der Waals surface area contributed by atoms with E-state index < -0.39 is 0 Å². The number of rotatable bonds is 3. The number of hydrogen-bond donors (Lipinski definition) is 0. The number of furan rings is 1. The SMILES string of the molecule is c1ccc(-n2c3ccccc3c3cc(-c4ccc5c(c4)c4ccccc4n5-c4ccc5c(c4)oc4ccc6c7ccccc7sc6c45)ccc32)cc1. The first-order chi connectivity index (χ1) is 25.8. The molecule has 52 heavy (non-hydrogen) atoms. The van der Waals surface area contributed by atoms with Crippen LogP contribution < -0.4 is 0 Å². The lowest BCUT2D eigenvalue weighted by molar-refractivity contribution is 0.669. The van der Waals surface area contributed by atoms with Crippen LogP contribution in [0.4, 0.5) is 0 Å². The Balaban J connectivity index is 1.03. The van der Waals surface area contributed by atoms with Crippen molar-refractivity contribution in [3.63, 3.8) is 0 Å². The van der Waals surface area contributed by atoms with Crippen LogP contribution in [-0.4, -0.2) is 9.13 Å². The van der Waals surface area contributed by atoms with E-state index in [-0.39, 0.29) is 0 Å². The topological polar surface area (TPSA) is 23.0 Å². The van der Waals surface area contributed by atoms with Crippen LogP contribution in [0.1, 0.15) is 0 Å². The fraction of sp³-hybridized carbons (Fsp3) is 0. The van der Waals surface area contributed by atoms with E-state index in [9.17, 15) is 0 Å². The van der Waals surface area contributed by atoms with E-state index in [1.165, 1.54) is 86.0 Å². The third kappa shape index (κ3) is 3.84. The van der Waals surface area contributed by atoms with Crippen molar-refractivity contribution in [1.82, 2.24) is 9.13 Å². The Bertz CT molecular complexity index is 3410. The molecule has 0 aliphatic heterocycles. The zero-order valence-electron chi connectivity index (χ0n) is 27.9. The molecule has 3 nitrogen and oxygen atoms in total. The van der Waals surface area contributed by atoms with Crippen LogP contribution in [0.2, 0.25) is 0 Å². The summed E-state index contributed by atoms with van der Waals surface area (Å²) in [6, 6.07) is 61.7. The van der Waals surface area contributed by atoms with Gasteiger partial charge in [-0.15, -0.1) is 11.3 Å². The summed E-state index contributed by atoms with van der Waals surface area (Å²) in [5, 5.41) is 9.94. The molecule has 12 aromatic rings. The zero-order chi connectivity index (χ0) is 33.9. The molecule has 0 saturated carbocycles. The monoisotopic (exact) mass is 680 g/mol. The predicted octanol–water partition coefficient (Wildman–Crippen LogP) is 13.8. The summed E-state index contributed by atoms with van der Waals surface area (Å²) in [6.07, 6.45) is 0. The summed E-state index contributed by atoms with van der Waals surface area (Å²) >= 11 is 1.85. The standard InChI is InChI=1S/C48H28N2OS/c1-2-10-31(11-3-1)49-40-15-7-4-12-33(40)38-26-29(18-23-42(38)49)30-19-24-43-39(27-30)34-13-5-8-16-41(34)50(43)32-20-21-37-45(28-32)51-44-25-22-36-35-14-6-9-17-46(35)52-48(36)47(37)44/h1-28H. The van der Waals surface area contributed by atoms with E-state index >= 15 is 0 Å². The maximum Gasteiger partial charge on any atom is 0.137 e. The Labute approximate surface area is 301 Å². The molecule has 0 atom stereocenters. The number of fused-ring (bicyclic) bond motifs is 13. The van der Waals surface area contributed by atoms with Crippen LogP contribution in [0.25, 0.3) is 108 Å². The zero-order valence-corrected chi connectivity index (χ0v) is 28.7. The first-order valence-corrected chi connectivity index (χ1v) is 18.5. The van der Waals surface area contributed by atoms with Crippen LogP contribution in [0, 0.1) is 0 Å². The highest BCUT2D eigenvalue weighted by Crippen LogP contribution is 2.44. The number of aromatic nitrogens is 2. The van der Waals surface area contributed by atoms with Crippen LogP contribution in [-0.2, 0) is 0 Å². The molecule has 4 heteroatoms. The lowest BCUT2D eigenvalue weighted by Crippen LogP contribution is -1.93. The van der Waals surface area contributed by atoms with E-state index in [2.05, 4.69) is 179 Å². The number of benzene rings is 8. The molecule has 12 rings (SSSR count). The van der Waals surface area contributed by atoms with E-state index in [1.807, 2.05) is 11.3 Å². The summed E-state index contributed by atoms with van der Waals surface area (Å²) in [4.78, 5) is 0. The maximum atomic E-state index is 6.58. The molecular formula is C48H28N2OS. The molecule has 4 heterocycles. The van der Waals surface area contributed by atoms with Gasteiger partial charge >= 0.3 is 0 Å². The molecule has 8 aromatic carbocycles. The highest BCUT2D eigenvalue weighted by atomic mass is 32.1. The lowest BCUT2D eigenvalue weighted by atomic mass is 10.0. The van der Waals surface area contributed by atoms with E-state index in [0.29, 0.717) is 0 Å².